The van der Waals surface area contributed by atoms with Crippen molar-refractivity contribution in [3.8, 4) is 0 Å². The molecule has 1 unspecified atom stereocenters. The molecule has 2 nitrogen and oxygen atoms in total. The Kier molecular flexibility index (Phi) is 5.77. The second-order valence-corrected chi connectivity index (χ2v) is 6.75. The first-order valence-electron chi connectivity index (χ1n) is 5.04. The highest BCUT2D eigenvalue weighted by molar-refractivity contribution is 9.13. The summed E-state index contributed by atoms with van der Waals surface area (Å²) in [6.45, 7) is 4.41. The van der Waals surface area contributed by atoms with Crippen LogP contribution in [0.15, 0.2) is 14.3 Å². The molecule has 1 aromatic heterocycles. The van der Waals surface area contributed by atoms with Crippen molar-refractivity contribution < 1.29 is 0 Å². The lowest BCUT2D eigenvalue weighted by atomic mass is 9.93. The van der Waals surface area contributed by atoms with E-state index in [4.69, 9.17) is 5.84 Å². The van der Waals surface area contributed by atoms with Crippen LogP contribution in [0, 0.1) is 5.92 Å². The molecule has 0 saturated carbocycles. The first-order chi connectivity index (χ1) is 7.13. The summed E-state index contributed by atoms with van der Waals surface area (Å²) in [6.07, 6.45) is 2.27. The fourth-order valence-electron chi connectivity index (χ4n) is 1.73. The van der Waals surface area contributed by atoms with Crippen LogP contribution in [-0.4, -0.2) is 0 Å². The zero-order valence-electron chi connectivity index (χ0n) is 8.89. The minimum absolute atomic E-state index is 0.257. The van der Waals surface area contributed by atoms with Gasteiger partial charge in [-0.05, 0) is 43.8 Å². The number of hydrogen-bond donors (Lipinski definition) is 2. The molecule has 5 heteroatoms. The minimum atomic E-state index is 0.257. The van der Waals surface area contributed by atoms with Crippen LogP contribution in [0.25, 0.3) is 0 Å². The molecular weight excluding hydrogens is 340 g/mol. The molecule has 0 amide bonds. The molecule has 0 radical (unpaired) electrons. The molecule has 0 aliphatic heterocycles. The molecule has 0 spiro atoms. The number of nitrogens with two attached hydrogens (primary N) is 1. The molecular formula is C10H16Br2N2S. The van der Waals surface area contributed by atoms with Gasteiger partial charge in [0.05, 0.1) is 9.83 Å². The molecule has 0 aliphatic rings. The molecule has 1 aromatic rings. The average molecular weight is 356 g/mol. The van der Waals surface area contributed by atoms with Crippen LogP contribution in [0.1, 0.15) is 37.6 Å². The maximum Gasteiger partial charge on any atom is 0.0843 e. The molecule has 1 heterocycles. The predicted octanol–water partition coefficient (Wildman–Crippen LogP) is 4.21. The van der Waals surface area contributed by atoms with Gasteiger partial charge in [-0.3, -0.25) is 11.3 Å². The van der Waals surface area contributed by atoms with E-state index in [1.807, 2.05) is 0 Å². The lowest BCUT2D eigenvalue weighted by Crippen LogP contribution is -2.32. The lowest BCUT2D eigenvalue weighted by Gasteiger charge is -2.23. The van der Waals surface area contributed by atoms with Crippen LogP contribution in [0.4, 0.5) is 0 Å². The van der Waals surface area contributed by atoms with E-state index in [1.165, 1.54) is 4.88 Å². The van der Waals surface area contributed by atoms with Crippen LogP contribution in [0.5, 0.6) is 0 Å². The predicted molar refractivity (Wildman–Crippen MR) is 73.9 cm³/mol. The number of halogens is 2. The normalized spacial score (nSPS) is 13.5. The standard InChI is InChI=1S/C10H16Br2N2S/c1-3-6(4-2)9(14-13)8-5-7(11)10(12)15-8/h5-6,9,14H,3-4,13H2,1-2H3. The van der Waals surface area contributed by atoms with Gasteiger partial charge in [0.15, 0.2) is 0 Å². The quantitative estimate of drug-likeness (QED) is 0.613. The van der Waals surface area contributed by atoms with Gasteiger partial charge in [-0.15, -0.1) is 11.3 Å². The van der Waals surface area contributed by atoms with E-state index < -0.39 is 0 Å². The molecule has 0 aromatic carbocycles. The Morgan fingerprint density at radius 1 is 1.40 bits per heavy atom. The van der Waals surface area contributed by atoms with Gasteiger partial charge in [0.25, 0.3) is 0 Å². The second-order valence-electron chi connectivity index (χ2n) is 3.49. The molecule has 3 N–H and O–H groups in total. The number of thiophene rings is 1. The van der Waals surface area contributed by atoms with Gasteiger partial charge in [0, 0.05) is 9.35 Å². The van der Waals surface area contributed by atoms with Crippen LogP contribution >= 0.6 is 43.2 Å². The SMILES string of the molecule is CCC(CC)C(NN)c1cc(Br)c(Br)s1. The van der Waals surface area contributed by atoms with Crippen molar-refractivity contribution in [1.82, 2.24) is 5.43 Å². The van der Waals surface area contributed by atoms with E-state index in [2.05, 4.69) is 57.2 Å². The van der Waals surface area contributed by atoms with Gasteiger partial charge in [-0.2, -0.15) is 0 Å². The smallest absolute Gasteiger partial charge is 0.0843 e. The number of nitrogens with one attached hydrogen (secondary N) is 1. The summed E-state index contributed by atoms with van der Waals surface area (Å²) >= 11 is 8.74. The van der Waals surface area contributed by atoms with E-state index in [-0.39, 0.29) is 6.04 Å². The van der Waals surface area contributed by atoms with Gasteiger partial charge in [-0.1, -0.05) is 26.7 Å². The van der Waals surface area contributed by atoms with Gasteiger partial charge >= 0.3 is 0 Å². The summed E-state index contributed by atoms with van der Waals surface area (Å²) < 4.78 is 2.23. The highest BCUT2D eigenvalue weighted by Crippen LogP contribution is 2.38. The van der Waals surface area contributed by atoms with Crippen LogP contribution < -0.4 is 11.3 Å². The summed E-state index contributed by atoms with van der Waals surface area (Å²) in [4.78, 5) is 1.28. The maximum absolute atomic E-state index is 5.64. The zero-order valence-corrected chi connectivity index (χ0v) is 12.9. The maximum atomic E-state index is 5.64. The van der Waals surface area contributed by atoms with Crippen LogP contribution in [0.2, 0.25) is 0 Å². The summed E-state index contributed by atoms with van der Waals surface area (Å²) in [6, 6.07) is 2.39. The molecule has 86 valence electrons. The Morgan fingerprint density at radius 3 is 2.33 bits per heavy atom. The summed E-state index contributed by atoms with van der Waals surface area (Å²) in [5.74, 6) is 6.23. The van der Waals surface area contributed by atoms with Crippen molar-refractivity contribution in [2.75, 3.05) is 0 Å². The van der Waals surface area contributed by atoms with Crippen LogP contribution in [-0.2, 0) is 0 Å². The third kappa shape index (κ3) is 3.27. The Labute approximate surface area is 112 Å². The monoisotopic (exact) mass is 354 g/mol. The van der Waals surface area contributed by atoms with Crippen molar-refractivity contribution in [3.63, 3.8) is 0 Å². The largest absolute Gasteiger partial charge is 0.271 e. The molecule has 15 heavy (non-hydrogen) atoms. The van der Waals surface area contributed by atoms with E-state index in [0.717, 1.165) is 21.1 Å². The molecule has 0 aliphatic carbocycles. The summed E-state index contributed by atoms with van der Waals surface area (Å²) in [5.41, 5.74) is 2.93. The fraction of sp³-hybridized carbons (Fsp3) is 0.600. The fourth-order valence-corrected chi connectivity index (χ4v) is 3.97. The lowest BCUT2D eigenvalue weighted by molar-refractivity contribution is 0.350. The first-order valence-corrected chi connectivity index (χ1v) is 7.45. The number of hydrogen-bond acceptors (Lipinski definition) is 3. The Bertz CT molecular complexity index is 291. The Morgan fingerprint density at radius 2 is 2.00 bits per heavy atom. The minimum Gasteiger partial charge on any atom is -0.271 e. The van der Waals surface area contributed by atoms with E-state index in [1.54, 1.807) is 11.3 Å². The van der Waals surface area contributed by atoms with Crippen molar-refractivity contribution in [2.45, 2.75) is 32.7 Å². The second kappa shape index (κ2) is 6.35. The van der Waals surface area contributed by atoms with Gasteiger partial charge in [0.1, 0.15) is 0 Å². The first kappa shape index (κ1) is 13.6. The highest BCUT2D eigenvalue weighted by atomic mass is 79.9. The van der Waals surface area contributed by atoms with Crippen LogP contribution in [0.3, 0.4) is 0 Å². The molecule has 0 bridgehead atoms. The van der Waals surface area contributed by atoms with Gasteiger partial charge < -0.3 is 0 Å². The Balaban J connectivity index is 2.91. The van der Waals surface area contributed by atoms with E-state index >= 15 is 0 Å². The van der Waals surface area contributed by atoms with Crippen molar-refractivity contribution in [1.29, 1.82) is 0 Å². The van der Waals surface area contributed by atoms with Gasteiger partial charge in [-0.25, -0.2) is 0 Å². The van der Waals surface area contributed by atoms with E-state index in [0.29, 0.717) is 5.92 Å². The van der Waals surface area contributed by atoms with E-state index in [9.17, 15) is 0 Å². The third-order valence-electron chi connectivity index (χ3n) is 2.67. The topological polar surface area (TPSA) is 38.0 Å². The van der Waals surface area contributed by atoms with Crippen molar-refractivity contribution >= 4 is 43.2 Å². The van der Waals surface area contributed by atoms with Crippen molar-refractivity contribution in [3.05, 3.63) is 19.2 Å². The zero-order chi connectivity index (χ0) is 11.4. The number of hydrazine groups is 1. The molecule has 1 atom stereocenters. The van der Waals surface area contributed by atoms with Gasteiger partial charge in [0.2, 0.25) is 0 Å². The number of rotatable bonds is 5. The highest BCUT2D eigenvalue weighted by Gasteiger charge is 2.21. The van der Waals surface area contributed by atoms with Crippen molar-refractivity contribution in [2.24, 2.45) is 11.8 Å². The molecule has 0 saturated heterocycles. The summed E-state index contributed by atoms with van der Waals surface area (Å²) in [7, 11) is 0. The molecule has 1 rings (SSSR count). The summed E-state index contributed by atoms with van der Waals surface area (Å²) in [5, 5.41) is 0. The molecule has 0 fully saturated rings. The third-order valence-corrected chi connectivity index (χ3v) is 6.01. The average Bonchev–Trinajstić information content (AvgIpc) is 2.55. The Hall–Kier alpha value is 0.580.